The summed E-state index contributed by atoms with van der Waals surface area (Å²) in [4.78, 5) is 14.9. The smallest absolute Gasteiger partial charge is 0.211 e. The maximum Gasteiger partial charge on any atom is 0.235 e. The highest BCUT2D eigenvalue weighted by Crippen LogP contribution is 2.26. The van der Waals surface area contributed by atoms with Crippen molar-refractivity contribution >= 4 is 17.4 Å². The molecule has 0 aromatic carbocycles. The van der Waals surface area contributed by atoms with Gasteiger partial charge in [-0.15, -0.1) is 11.3 Å². The predicted octanol–water partition coefficient (Wildman–Crippen LogP) is 2.71. The van der Waals surface area contributed by atoms with Crippen LogP contribution in [0.3, 0.4) is 0 Å². The molecule has 0 saturated carbocycles. The van der Waals surface area contributed by atoms with E-state index in [4.69, 9.17) is 0 Å². The monoisotopic (exact) mass is 181 g/mol. The topological polar surface area (TPSA) is 29.4 Å². The van der Waals surface area contributed by atoms with E-state index in [0.717, 1.165) is 6.42 Å². The van der Waals surface area contributed by atoms with E-state index in [1.54, 1.807) is 17.4 Å². The van der Waals surface area contributed by atoms with E-state index in [9.17, 15) is 4.79 Å². The summed E-state index contributed by atoms with van der Waals surface area (Å²) in [7, 11) is 0. The first-order valence-corrected chi connectivity index (χ1v) is 4.80. The summed E-state index contributed by atoms with van der Waals surface area (Å²) < 4.78 is 0. The van der Waals surface area contributed by atoms with Crippen molar-refractivity contribution in [3.8, 4) is 0 Å². The molecule has 1 unspecified atom stereocenters. The zero-order valence-corrected chi connectivity index (χ0v) is 8.02. The van der Waals surface area contributed by atoms with Gasteiger partial charge in [0.05, 0.1) is 6.04 Å². The molecule has 0 radical (unpaired) electrons. The summed E-state index contributed by atoms with van der Waals surface area (Å²) in [5, 5.41) is 2.03. The lowest BCUT2D eigenvalue weighted by molar-refractivity contribution is 0.560. The molecule has 1 atom stereocenters. The van der Waals surface area contributed by atoms with Crippen LogP contribution in [-0.2, 0) is 11.2 Å². The molecular weight excluding hydrogens is 170 g/mol. The van der Waals surface area contributed by atoms with Crippen LogP contribution in [-0.4, -0.2) is 6.08 Å². The molecule has 0 fully saturated rings. The molecule has 2 nitrogen and oxygen atoms in total. The summed E-state index contributed by atoms with van der Waals surface area (Å²) in [6.07, 6.45) is 2.59. The van der Waals surface area contributed by atoms with Crippen molar-refractivity contribution < 1.29 is 4.79 Å². The summed E-state index contributed by atoms with van der Waals surface area (Å²) in [5.74, 6) is 0. The fourth-order valence-electron chi connectivity index (χ4n) is 1.14. The van der Waals surface area contributed by atoms with E-state index in [-0.39, 0.29) is 6.04 Å². The van der Waals surface area contributed by atoms with Gasteiger partial charge in [0.1, 0.15) is 0 Å². The lowest BCUT2D eigenvalue weighted by Crippen LogP contribution is -1.89. The fourth-order valence-corrected chi connectivity index (χ4v) is 2.14. The maximum absolute atomic E-state index is 10.0. The van der Waals surface area contributed by atoms with Crippen molar-refractivity contribution in [3.63, 3.8) is 0 Å². The SMILES string of the molecule is CCc1ccsc1C(C)N=C=O. The third kappa shape index (κ3) is 1.81. The Morgan fingerprint density at radius 1 is 1.75 bits per heavy atom. The van der Waals surface area contributed by atoms with Crippen molar-refractivity contribution in [2.45, 2.75) is 26.3 Å². The second-order valence-corrected chi connectivity index (χ2v) is 3.51. The molecule has 12 heavy (non-hydrogen) atoms. The molecule has 1 aromatic heterocycles. The van der Waals surface area contributed by atoms with Crippen molar-refractivity contribution in [1.82, 2.24) is 0 Å². The second kappa shape index (κ2) is 4.19. The van der Waals surface area contributed by atoms with Gasteiger partial charge in [-0.25, -0.2) is 4.79 Å². The first-order valence-electron chi connectivity index (χ1n) is 3.92. The van der Waals surface area contributed by atoms with Gasteiger partial charge in [0.2, 0.25) is 6.08 Å². The van der Waals surface area contributed by atoms with E-state index in [1.807, 2.05) is 12.3 Å². The van der Waals surface area contributed by atoms with Crippen LogP contribution in [0.25, 0.3) is 0 Å². The Kier molecular flexibility index (Phi) is 3.20. The van der Waals surface area contributed by atoms with Crippen LogP contribution >= 0.6 is 11.3 Å². The van der Waals surface area contributed by atoms with Crippen molar-refractivity contribution in [1.29, 1.82) is 0 Å². The Hall–Kier alpha value is -0.920. The predicted molar refractivity (Wildman–Crippen MR) is 50.2 cm³/mol. The largest absolute Gasteiger partial charge is 0.235 e. The molecule has 0 aliphatic carbocycles. The number of aryl methyl sites for hydroxylation is 1. The second-order valence-electron chi connectivity index (χ2n) is 2.56. The molecule has 0 spiro atoms. The average Bonchev–Trinajstić information content (AvgIpc) is 2.51. The quantitative estimate of drug-likeness (QED) is 0.520. The number of rotatable bonds is 3. The van der Waals surface area contributed by atoms with Gasteiger partial charge in [-0.05, 0) is 30.4 Å². The fraction of sp³-hybridized carbons (Fsp3) is 0.444. The number of nitrogens with zero attached hydrogens (tertiary/aromatic N) is 1. The number of hydrogen-bond acceptors (Lipinski definition) is 3. The van der Waals surface area contributed by atoms with Gasteiger partial charge in [0.25, 0.3) is 0 Å². The van der Waals surface area contributed by atoms with E-state index < -0.39 is 0 Å². The van der Waals surface area contributed by atoms with Crippen molar-refractivity contribution in [3.05, 3.63) is 21.9 Å². The molecular formula is C9H11NOS. The van der Waals surface area contributed by atoms with Crippen LogP contribution in [0.4, 0.5) is 0 Å². The summed E-state index contributed by atoms with van der Waals surface area (Å²) in [5.41, 5.74) is 1.28. The van der Waals surface area contributed by atoms with Gasteiger partial charge in [-0.2, -0.15) is 4.99 Å². The Labute approximate surface area is 76.0 Å². The summed E-state index contributed by atoms with van der Waals surface area (Å²) in [6, 6.07) is 2.05. The van der Waals surface area contributed by atoms with Crippen LogP contribution in [0.1, 0.15) is 30.3 Å². The molecule has 0 aliphatic heterocycles. The van der Waals surface area contributed by atoms with Gasteiger partial charge >= 0.3 is 0 Å². The molecule has 1 aromatic rings. The Morgan fingerprint density at radius 3 is 3.08 bits per heavy atom. The minimum Gasteiger partial charge on any atom is -0.211 e. The molecule has 3 heteroatoms. The van der Waals surface area contributed by atoms with Crippen LogP contribution in [0.15, 0.2) is 16.4 Å². The molecule has 0 amide bonds. The number of carbonyl (C=O) groups excluding carboxylic acids is 1. The van der Waals surface area contributed by atoms with Crippen LogP contribution in [0.5, 0.6) is 0 Å². The van der Waals surface area contributed by atoms with Gasteiger partial charge in [-0.3, -0.25) is 0 Å². The van der Waals surface area contributed by atoms with E-state index >= 15 is 0 Å². The van der Waals surface area contributed by atoms with Crippen LogP contribution < -0.4 is 0 Å². The minimum absolute atomic E-state index is 0.0301. The third-order valence-corrected chi connectivity index (χ3v) is 2.92. The first-order chi connectivity index (χ1) is 5.79. The minimum atomic E-state index is -0.0301. The molecule has 0 bridgehead atoms. The number of isocyanates is 1. The zero-order valence-electron chi connectivity index (χ0n) is 7.20. The number of thiophene rings is 1. The van der Waals surface area contributed by atoms with Crippen molar-refractivity contribution in [2.75, 3.05) is 0 Å². The van der Waals surface area contributed by atoms with Gasteiger partial charge in [0, 0.05) is 4.88 Å². The van der Waals surface area contributed by atoms with Crippen LogP contribution in [0, 0.1) is 0 Å². The third-order valence-electron chi connectivity index (χ3n) is 1.79. The highest BCUT2D eigenvalue weighted by Gasteiger charge is 2.09. The number of hydrogen-bond donors (Lipinski definition) is 0. The lowest BCUT2D eigenvalue weighted by atomic mass is 10.1. The standard InChI is InChI=1S/C9H11NOS/c1-3-8-4-5-12-9(8)7(2)10-6-11/h4-5,7H,3H2,1-2H3. The average molecular weight is 181 g/mol. The maximum atomic E-state index is 10.0. The molecule has 1 heterocycles. The highest BCUT2D eigenvalue weighted by atomic mass is 32.1. The van der Waals surface area contributed by atoms with E-state index in [2.05, 4.69) is 18.0 Å². The number of aliphatic imine (C=N–C) groups is 1. The van der Waals surface area contributed by atoms with E-state index in [1.165, 1.54) is 10.4 Å². The van der Waals surface area contributed by atoms with Gasteiger partial charge < -0.3 is 0 Å². The lowest BCUT2D eigenvalue weighted by Gasteiger charge is -2.02. The van der Waals surface area contributed by atoms with Crippen molar-refractivity contribution in [2.24, 2.45) is 4.99 Å². The molecule has 64 valence electrons. The highest BCUT2D eigenvalue weighted by molar-refractivity contribution is 7.10. The van der Waals surface area contributed by atoms with E-state index in [0.29, 0.717) is 0 Å². The van der Waals surface area contributed by atoms with Gasteiger partial charge in [-0.1, -0.05) is 6.92 Å². The Morgan fingerprint density at radius 2 is 2.50 bits per heavy atom. The first kappa shape index (κ1) is 9.17. The summed E-state index contributed by atoms with van der Waals surface area (Å²) in [6.45, 7) is 4.01. The molecule has 0 saturated heterocycles. The molecule has 1 rings (SSSR count). The Balaban J connectivity index is 2.92. The summed E-state index contributed by atoms with van der Waals surface area (Å²) >= 11 is 1.65. The normalized spacial score (nSPS) is 12.2. The Bertz CT molecular complexity index is 299. The molecule has 0 N–H and O–H groups in total. The van der Waals surface area contributed by atoms with Crippen LogP contribution in [0.2, 0.25) is 0 Å². The van der Waals surface area contributed by atoms with Gasteiger partial charge in [0.15, 0.2) is 0 Å². The molecule has 0 aliphatic rings. The zero-order chi connectivity index (χ0) is 8.97.